The Labute approximate surface area is 130 Å². The molecule has 1 aromatic heterocycles. The van der Waals surface area contributed by atoms with E-state index >= 15 is 0 Å². The van der Waals surface area contributed by atoms with E-state index in [2.05, 4.69) is 77.6 Å². The van der Waals surface area contributed by atoms with Gasteiger partial charge in [-0.3, -0.25) is 0 Å². The van der Waals surface area contributed by atoms with Crippen LogP contribution in [0.25, 0.3) is 0 Å². The Morgan fingerprint density at radius 3 is 2.15 bits per heavy atom. The van der Waals surface area contributed by atoms with Gasteiger partial charge in [0.1, 0.15) is 10.4 Å². The van der Waals surface area contributed by atoms with Crippen LogP contribution in [0.4, 0.5) is 0 Å². The Kier molecular flexibility index (Phi) is 4.38. The summed E-state index contributed by atoms with van der Waals surface area (Å²) < 4.78 is 3.14. The van der Waals surface area contributed by atoms with E-state index in [9.17, 15) is 0 Å². The van der Waals surface area contributed by atoms with Crippen molar-refractivity contribution in [1.82, 2.24) is 9.55 Å². The minimum Gasteiger partial charge on any atom is -0.334 e. The molecule has 1 heterocycles. The maximum Gasteiger partial charge on any atom is 0.127 e. The summed E-state index contributed by atoms with van der Waals surface area (Å²) in [4.78, 5) is 4.45. The van der Waals surface area contributed by atoms with Gasteiger partial charge in [-0.05, 0) is 52.2 Å². The fraction of sp³-hybridized carbons (Fsp3) is 0.471. The van der Waals surface area contributed by atoms with Crippen molar-refractivity contribution in [2.75, 3.05) is 0 Å². The van der Waals surface area contributed by atoms with Crippen LogP contribution >= 0.6 is 15.9 Å². The number of aromatic nitrogens is 2. The molecule has 108 valence electrons. The van der Waals surface area contributed by atoms with E-state index in [0.29, 0.717) is 0 Å². The highest BCUT2D eigenvalue weighted by Crippen LogP contribution is 2.23. The zero-order valence-electron chi connectivity index (χ0n) is 13.0. The van der Waals surface area contributed by atoms with E-state index in [1.165, 1.54) is 16.8 Å². The molecule has 0 amide bonds. The van der Waals surface area contributed by atoms with Crippen LogP contribution in [0.2, 0.25) is 0 Å². The largest absolute Gasteiger partial charge is 0.334 e. The molecule has 0 bridgehead atoms. The second-order valence-electron chi connectivity index (χ2n) is 6.40. The first kappa shape index (κ1) is 15.3. The van der Waals surface area contributed by atoms with Gasteiger partial charge in [-0.15, -0.1) is 0 Å². The molecule has 3 heteroatoms. The van der Waals surface area contributed by atoms with Gasteiger partial charge in [0.05, 0.1) is 5.69 Å². The first-order valence-corrected chi connectivity index (χ1v) is 7.85. The molecule has 1 aromatic carbocycles. The average molecular weight is 335 g/mol. The van der Waals surface area contributed by atoms with Crippen molar-refractivity contribution in [2.24, 2.45) is 7.05 Å². The van der Waals surface area contributed by atoms with Crippen LogP contribution in [0.5, 0.6) is 0 Å². The number of imidazole rings is 1. The molecule has 0 fully saturated rings. The van der Waals surface area contributed by atoms with E-state index in [1.807, 2.05) is 6.92 Å². The fourth-order valence-corrected chi connectivity index (χ4v) is 3.04. The van der Waals surface area contributed by atoms with E-state index in [4.69, 9.17) is 0 Å². The molecule has 0 saturated carbocycles. The summed E-state index contributed by atoms with van der Waals surface area (Å²) in [6.07, 6.45) is 2.05. The van der Waals surface area contributed by atoms with Crippen LogP contribution in [0.1, 0.15) is 43.4 Å². The second kappa shape index (κ2) is 5.72. The highest BCUT2D eigenvalue weighted by atomic mass is 79.9. The molecule has 0 aliphatic carbocycles. The molecule has 2 rings (SSSR count). The van der Waals surface area contributed by atoms with E-state index in [0.717, 1.165) is 23.3 Å². The SMILES string of the molecule is Cc1nc(Br)c(CCc2ccc(C(C)(C)C)cc2)n1C. The van der Waals surface area contributed by atoms with E-state index < -0.39 is 0 Å². The van der Waals surface area contributed by atoms with Gasteiger partial charge in [0, 0.05) is 7.05 Å². The number of nitrogens with zero attached hydrogens (tertiary/aromatic N) is 2. The molecule has 0 radical (unpaired) electrons. The van der Waals surface area contributed by atoms with Crippen LogP contribution in [0.3, 0.4) is 0 Å². The number of benzene rings is 1. The predicted molar refractivity (Wildman–Crippen MR) is 88.2 cm³/mol. The zero-order valence-corrected chi connectivity index (χ0v) is 14.6. The maximum atomic E-state index is 4.45. The minimum atomic E-state index is 0.223. The summed E-state index contributed by atoms with van der Waals surface area (Å²) in [6, 6.07) is 8.99. The molecule has 0 unspecified atom stereocenters. The number of halogens is 1. The van der Waals surface area contributed by atoms with Crippen molar-refractivity contribution in [2.45, 2.75) is 46.0 Å². The summed E-state index contributed by atoms with van der Waals surface area (Å²) >= 11 is 3.55. The van der Waals surface area contributed by atoms with Crippen molar-refractivity contribution in [3.63, 3.8) is 0 Å². The summed E-state index contributed by atoms with van der Waals surface area (Å²) in [6.45, 7) is 8.78. The Bertz CT molecular complexity index is 589. The van der Waals surface area contributed by atoms with Crippen LogP contribution in [-0.4, -0.2) is 9.55 Å². The van der Waals surface area contributed by atoms with Gasteiger partial charge in [0.15, 0.2) is 0 Å². The van der Waals surface area contributed by atoms with Crippen LogP contribution in [0.15, 0.2) is 28.9 Å². The number of rotatable bonds is 3. The monoisotopic (exact) mass is 334 g/mol. The summed E-state index contributed by atoms with van der Waals surface area (Å²) in [7, 11) is 2.07. The quantitative estimate of drug-likeness (QED) is 0.803. The zero-order chi connectivity index (χ0) is 14.9. The molecule has 0 N–H and O–H groups in total. The molecular formula is C17H23BrN2. The van der Waals surface area contributed by atoms with Crippen molar-refractivity contribution < 1.29 is 0 Å². The number of hydrogen-bond donors (Lipinski definition) is 0. The lowest BCUT2D eigenvalue weighted by Gasteiger charge is -2.19. The lowest BCUT2D eigenvalue weighted by atomic mass is 9.86. The smallest absolute Gasteiger partial charge is 0.127 e. The molecule has 0 saturated heterocycles. The Balaban J connectivity index is 2.08. The molecule has 2 aromatic rings. The summed E-state index contributed by atoms with van der Waals surface area (Å²) in [5, 5.41) is 0. The highest BCUT2D eigenvalue weighted by Gasteiger charge is 2.13. The van der Waals surface area contributed by atoms with E-state index in [-0.39, 0.29) is 5.41 Å². The van der Waals surface area contributed by atoms with Crippen molar-refractivity contribution in [3.8, 4) is 0 Å². The summed E-state index contributed by atoms with van der Waals surface area (Å²) in [5.74, 6) is 1.05. The number of hydrogen-bond acceptors (Lipinski definition) is 1. The van der Waals surface area contributed by atoms with Crippen molar-refractivity contribution >= 4 is 15.9 Å². The molecule has 0 aliphatic heterocycles. The van der Waals surface area contributed by atoms with Crippen molar-refractivity contribution in [3.05, 3.63) is 51.5 Å². The Morgan fingerprint density at radius 2 is 1.70 bits per heavy atom. The Hall–Kier alpha value is -1.09. The summed E-state index contributed by atoms with van der Waals surface area (Å²) in [5.41, 5.74) is 4.26. The lowest BCUT2D eigenvalue weighted by Crippen LogP contribution is -2.10. The molecule has 0 aliphatic rings. The van der Waals surface area contributed by atoms with Gasteiger partial charge >= 0.3 is 0 Å². The first-order valence-electron chi connectivity index (χ1n) is 7.06. The van der Waals surface area contributed by atoms with Gasteiger partial charge < -0.3 is 4.57 Å². The molecular weight excluding hydrogens is 312 g/mol. The van der Waals surface area contributed by atoms with Crippen LogP contribution in [0, 0.1) is 6.92 Å². The molecule has 0 spiro atoms. The first-order chi connectivity index (χ1) is 9.29. The lowest BCUT2D eigenvalue weighted by molar-refractivity contribution is 0.590. The molecule has 2 nitrogen and oxygen atoms in total. The van der Waals surface area contributed by atoms with Gasteiger partial charge in [-0.25, -0.2) is 4.98 Å². The normalized spacial score (nSPS) is 11.9. The maximum absolute atomic E-state index is 4.45. The standard InChI is InChI=1S/C17H23BrN2/c1-12-19-16(18)15(20(12)5)11-8-13-6-9-14(10-7-13)17(2,3)4/h6-7,9-10H,8,11H2,1-5H3. The van der Waals surface area contributed by atoms with E-state index in [1.54, 1.807) is 0 Å². The third-order valence-electron chi connectivity index (χ3n) is 3.86. The Morgan fingerprint density at radius 1 is 1.10 bits per heavy atom. The predicted octanol–water partition coefficient (Wildman–Crippen LogP) is 4.57. The minimum absolute atomic E-state index is 0.223. The van der Waals surface area contributed by atoms with Gasteiger partial charge in [0.25, 0.3) is 0 Å². The van der Waals surface area contributed by atoms with Crippen molar-refractivity contribution in [1.29, 1.82) is 0 Å². The third-order valence-corrected chi connectivity index (χ3v) is 4.49. The van der Waals surface area contributed by atoms with Gasteiger partial charge in [0.2, 0.25) is 0 Å². The van der Waals surface area contributed by atoms with Gasteiger partial charge in [-0.2, -0.15) is 0 Å². The molecule has 20 heavy (non-hydrogen) atoms. The third kappa shape index (κ3) is 3.32. The fourth-order valence-electron chi connectivity index (χ4n) is 2.32. The van der Waals surface area contributed by atoms with Crippen LogP contribution in [-0.2, 0) is 25.3 Å². The average Bonchev–Trinajstić information content (AvgIpc) is 2.61. The highest BCUT2D eigenvalue weighted by molar-refractivity contribution is 9.10. The molecule has 0 atom stereocenters. The topological polar surface area (TPSA) is 17.8 Å². The second-order valence-corrected chi connectivity index (χ2v) is 7.15. The number of aryl methyl sites for hydroxylation is 2. The van der Waals surface area contributed by atoms with Gasteiger partial charge in [-0.1, -0.05) is 45.0 Å². The van der Waals surface area contributed by atoms with Crippen LogP contribution < -0.4 is 0 Å².